The molecular weight excluding hydrogens is 1170 g/mol. The standard InChI is InChI=1S/C57H70N22O11/c1-71(2)19-12-16-58-43(80)14-17-61-51(84)38-21-32(25-73(38)4)62-52(85)39-23-33(26-75(39)6)63-53(86)40-24-35(28-76(40)7)65-56(89)48-68-41(30-78(48)9)67-44(81)13-11-15-60-50(83)37-22-34(27-74(37)5)64-54(87)45-46(82)36(29-77(45)8)66-57(90)49-69-42(31-79(49)10)70-55(88)47-59-18-20-72(47)3/h18,20-31,82H,11-17,19H2,1-10H3,(H,58,80)(H,60,83)(H,61,84)(H,62,85)(H,63,86)(H,64,87)(H,65,89)(H,66,90)(H,67,81)(H,70,88). The number of aryl methyl sites for hydroxylation is 8. The van der Waals surface area contributed by atoms with Crippen molar-refractivity contribution in [2.75, 3.05) is 77.5 Å². The van der Waals surface area contributed by atoms with Crippen LogP contribution in [0, 0.1) is 0 Å². The van der Waals surface area contributed by atoms with Crippen LogP contribution in [0.3, 0.4) is 0 Å². The molecule has 0 atom stereocenters. The van der Waals surface area contributed by atoms with Crippen molar-refractivity contribution in [2.45, 2.75) is 25.7 Å². The average molecular weight is 1240 g/mol. The summed E-state index contributed by atoms with van der Waals surface area (Å²) >= 11 is 0. The molecule has 8 rings (SSSR count). The zero-order valence-corrected chi connectivity index (χ0v) is 51.1. The molecule has 33 nitrogen and oxygen atoms in total. The minimum absolute atomic E-state index is 0.0334. The fourth-order valence-corrected chi connectivity index (χ4v) is 9.42. The number of anilines is 7. The SMILES string of the molecule is CN(C)CCCNC(=O)CCNC(=O)c1cc(NC(=O)c2cc(NC(=O)c3cc(NC(=O)c4nc(NC(=O)CCCNC(=O)c5cc(NC(=O)c6c(O)c(NC(=O)c7nc(NC(=O)c8nccn8C)cn7C)cn6C)cn5C)cn4C)cn3C)cn2C)cn1C. The Morgan fingerprint density at radius 3 is 1.37 bits per heavy atom. The number of rotatable bonds is 26. The highest BCUT2D eigenvalue weighted by Crippen LogP contribution is 2.31. The maximum atomic E-state index is 13.5. The second-order valence-corrected chi connectivity index (χ2v) is 21.4. The van der Waals surface area contributed by atoms with Gasteiger partial charge in [-0.3, -0.25) is 47.9 Å². The average Bonchev–Trinajstić information content (AvgIpc) is 2.69. The molecule has 0 aliphatic carbocycles. The summed E-state index contributed by atoms with van der Waals surface area (Å²) in [5.41, 5.74) is 1.59. The molecule has 11 N–H and O–H groups in total. The van der Waals surface area contributed by atoms with Crippen LogP contribution in [-0.2, 0) is 66.0 Å². The smallest absolute Gasteiger partial charge is 0.292 e. The molecule has 8 aromatic rings. The number of aromatic nitrogens is 11. The lowest BCUT2D eigenvalue weighted by molar-refractivity contribution is -0.121. The summed E-state index contributed by atoms with van der Waals surface area (Å²) in [5, 5.41) is 38.0. The van der Waals surface area contributed by atoms with E-state index in [-0.39, 0.29) is 113 Å². The van der Waals surface area contributed by atoms with E-state index >= 15 is 0 Å². The minimum Gasteiger partial charge on any atom is -0.504 e. The lowest BCUT2D eigenvalue weighted by atomic mass is 10.3. The topological polar surface area (TPSA) is 393 Å². The second-order valence-electron chi connectivity index (χ2n) is 21.4. The van der Waals surface area contributed by atoms with Gasteiger partial charge in [0, 0.05) is 145 Å². The van der Waals surface area contributed by atoms with Crippen LogP contribution in [0.25, 0.3) is 0 Å². The highest BCUT2D eigenvalue weighted by molar-refractivity contribution is 6.11. The zero-order chi connectivity index (χ0) is 65.2. The maximum Gasteiger partial charge on any atom is 0.292 e. The third-order valence-electron chi connectivity index (χ3n) is 13.9. The molecule has 0 aliphatic heterocycles. The number of hydrogen-bond acceptors (Lipinski definition) is 15. The molecule has 8 aromatic heterocycles. The molecule has 0 bridgehead atoms. The first kappa shape index (κ1) is 64.5. The van der Waals surface area contributed by atoms with E-state index in [0.717, 1.165) is 13.0 Å². The largest absolute Gasteiger partial charge is 0.504 e. The number of amides is 10. The molecule has 90 heavy (non-hydrogen) atoms. The number of nitrogens with zero attached hydrogens (tertiary/aromatic N) is 12. The first-order chi connectivity index (χ1) is 42.7. The van der Waals surface area contributed by atoms with Gasteiger partial charge in [-0.1, -0.05) is 0 Å². The first-order valence-electron chi connectivity index (χ1n) is 28.0. The van der Waals surface area contributed by atoms with Crippen molar-refractivity contribution < 1.29 is 53.1 Å². The number of aromatic hydroxyl groups is 1. The summed E-state index contributed by atoms with van der Waals surface area (Å²) in [7, 11) is 16.6. The van der Waals surface area contributed by atoms with Crippen molar-refractivity contribution >= 4 is 99.1 Å². The number of carbonyl (C=O) groups excluding carboxylic acids is 10. The second kappa shape index (κ2) is 27.9. The summed E-state index contributed by atoms with van der Waals surface area (Å²) in [6.45, 7) is 1.60. The van der Waals surface area contributed by atoms with Gasteiger partial charge in [0.05, 0.1) is 22.7 Å². The van der Waals surface area contributed by atoms with E-state index in [1.54, 1.807) is 65.4 Å². The van der Waals surface area contributed by atoms with Crippen molar-refractivity contribution in [2.24, 2.45) is 56.4 Å². The van der Waals surface area contributed by atoms with Crippen molar-refractivity contribution in [3.8, 4) is 5.75 Å². The van der Waals surface area contributed by atoms with Crippen LogP contribution in [0.2, 0.25) is 0 Å². The highest BCUT2D eigenvalue weighted by atomic mass is 16.3. The molecule has 0 saturated heterocycles. The lowest BCUT2D eigenvalue weighted by Crippen LogP contribution is -2.32. The quantitative estimate of drug-likeness (QED) is 0.0346. The molecule has 474 valence electrons. The molecule has 10 amide bonds. The van der Waals surface area contributed by atoms with E-state index in [1.165, 1.54) is 108 Å². The fraction of sp³-hybridized carbons (Fsp3) is 0.316. The molecule has 33 heteroatoms. The Bertz CT molecular complexity index is 4080. The van der Waals surface area contributed by atoms with E-state index in [4.69, 9.17) is 0 Å². The van der Waals surface area contributed by atoms with Gasteiger partial charge in [0.1, 0.15) is 28.5 Å². The van der Waals surface area contributed by atoms with Gasteiger partial charge < -0.3 is 99.7 Å². The monoisotopic (exact) mass is 1240 g/mol. The molecule has 0 radical (unpaired) electrons. The van der Waals surface area contributed by atoms with E-state index < -0.39 is 58.9 Å². The first-order valence-corrected chi connectivity index (χ1v) is 28.0. The van der Waals surface area contributed by atoms with Gasteiger partial charge in [0.25, 0.3) is 47.3 Å². The molecular formula is C57H70N22O11. The predicted octanol–water partition coefficient (Wildman–Crippen LogP) is 2.14. The Balaban J connectivity index is 0.754. The molecule has 0 spiro atoms. The van der Waals surface area contributed by atoms with Gasteiger partial charge in [0.2, 0.25) is 23.5 Å². The molecule has 0 aromatic carbocycles. The number of imidazole rings is 3. The number of hydrogen-bond donors (Lipinski definition) is 11. The third kappa shape index (κ3) is 15.7. The van der Waals surface area contributed by atoms with E-state index in [1.807, 2.05) is 19.0 Å². The van der Waals surface area contributed by atoms with Crippen LogP contribution in [0.15, 0.2) is 80.0 Å². The number of nitrogens with one attached hydrogen (secondary N) is 10. The Morgan fingerprint density at radius 2 is 0.867 bits per heavy atom. The Hall–Kier alpha value is -11.5. The van der Waals surface area contributed by atoms with Gasteiger partial charge in [-0.05, 0) is 57.7 Å². The Morgan fingerprint density at radius 1 is 0.422 bits per heavy atom. The van der Waals surface area contributed by atoms with Gasteiger partial charge in [0.15, 0.2) is 28.9 Å². The molecule has 0 fully saturated rings. The summed E-state index contributed by atoms with van der Waals surface area (Å²) in [4.78, 5) is 145. The van der Waals surface area contributed by atoms with Crippen molar-refractivity contribution in [1.29, 1.82) is 0 Å². The van der Waals surface area contributed by atoms with Crippen LogP contribution in [-0.4, -0.2) is 161 Å². The normalized spacial score (nSPS) is 11.1. The Kier molecular flexibility index (Phi) is 20.0. The third-order valence-corrected chi connectivity index (χ3v) is 13.9. The predicted molar refractivity (Wildman–Crippen MR) is 329 cm³/mol. The fourth-order valence-electron chi connectivity index (χ4n) is 9.42. The van der Waals surface area contributed by atoms with Gasteiger partial charge in [-0.2, -0.15) is 0 Å². The summed E-state index contributed by atoms with van der Waals surface area (Å²) < 4.78 is 11.6. The number of carbonyl (C=O) groups is 10. The lowest BCUT2D eigenvalue weighted by Gasteiger charge is -2.10. The molecule has 0 saturated carbocycles. The van der Waals surface area contributed by atoms with E-state index in [2.05, 4.69) is 68.1 Å². The molecule has 0 unspecified atom stereocenters. The van der Waals surface area contributed by atoms with Crippen molar-refractivity contribution in [3.05, 3.63) is 126 Å². The summed E-state index contributed by atoms with van der Waals surface area (Å²) in [6, 6.07) is 5.86. The minimum atomic E-state index is -0.760. The maximum absolute atomic E-state index is 13.5. The molecule has 8 heterocycles. The highest BCUT2D eigenvalue weighted by Gasteiger charge is 2.26. The van der Waals surface area contributed by atoms with Gasteiger partial charge in [-0.15, -0.1) is 0 Å². The van der Waals surface area contributed by atoms with Gasteiger partial charge in [-0.25, -0.2) is 15.0 Å². The van der Waals surface area contributed by atoms with E-state index in [9.17, 15) is 53.1 Å². The Labute approximate surface area is 514 Å². The van der Waals surface area contributed by atoms with Crippen LogP contribution in [0.4, 0.5) is 40.1 Å². The van der Waals surface area contributed by atoms with Gasteiger partial charge >= 0.3 is 0 Å². The van der Waals surface area contributed by atoms with Crippen LogP contribution in [0.1, 0.15) is 110 Å². The molecule has 0 aliphatic rings. The van der Waals surface area contributed by atoms with Crippen LogP contribution >= 0.6 is 0 Å². The van der Waals surface area contributed by atoms with Crippen LogP contribution < -0.4 is 53.2 Å². The van der Waals surface area contributed by atoms with Crippen molar-refractivity contribution in [3.63, 3.8) is 0 Å². The summed E-state index contributed by atoms with van der Waals surface area (Å²) in [5.74, 6) is -5.73. The van der Waals surface area contributed by atoms with Crippen molar-refractivity contribution in [1.82, 2.24) is 72.3 Å². The van der Waals surface area contributed by atoms with Crippen LogP contribution in [0.5, 0.6) is 5.75 Å². The summed E-state index contributed by atoms with van der Waals surface area (Å²) in [6.07, 6.45) is 14.5. The zero-order valence-electron chi connectivity index (χ0n) is 51.1. The van der Waals surface area contributed by atoms with E-state index in [0.29, 0.717) is 17.9 Å².